The molecule has 0 amide bonds. The van der Waals surface area contributed by atoms with Crippen molar-refractivity contribution in [3.63, 3.8) is 0 Å². The summed E-state index contributed by atoms with van der Waals surface area (Å²) in [5.41, 5.74) is 0.783. The number of fused-ring (bicyclic) bond motifs is 1. The Labute approximate surface area is 96.8 Å². The van der Waals surface area contributed by atoms with Crippen molar-refractivity contribution in [2.24, 2.45) is 0 Å². The molecule has 0 aromatic carbocycles. The van der Waals surface area contributed by atoms with Gasteiger partial charge in [0.15, 0.2) is 11.5 Å². The molecule has 1 N–H and O–H groups in total. The SMILES string of the molecule is O=C(O)c1ccn2nc(C3CCOC3)nc2c1. The summed E-state index contributed by atoms with van der Waals surface area (Å²) in [6.45, 7) is 1.38. The van der Waals surface area contributed by atoms with E-state index in [1.165, 1.54) is 12.1 Å². The topological polar surface area (TPSA) is 76.7 Å². The predicted octanol–water partition coefficient (Wildman–Crippen LogP) is 0.931. The summed E-state index contributed by atoms with van der Waals surface area (Å²) in [5, 5.41) is 13.2. The molecule has 0 bridgehead atoms. The maximum Gasteiger partial charge on any atom is 0.335 e. The van der Waals surface area contributed by atoms with Crippen molar-refractivity contribution >= 4 is 11.6 Å². The average molecular weight is 233 g/mol. The lowest BCUT2D eigenvalue weighted by Gasteiger charge is -1.98. The molecule has 0 radical (unpaired) electrons. The molecule has 1 saturated heterocycles. The lowest BCUT2D eigenvalue weighted by molar-refractivity contribution is 0.0697. The highest BCUT2D eigenvalue weighted by molar-refractivity contribution is 5.88. The molecule has 0 saturated carbocycles. The normalized spacial score (nSPS) is 19.9. The van der Waals surface area contributed by atoms with Gasteiger partial charge in [-0.1, -0.05) is 0 Å². The van der Waals surface area contributed by atoms with Gasteiger partial charge in [-0.15, -0.1) is 0 Å². The zero-order chi connectivity index (χ0) is 11.8. The van der Waals surface area contributed by atoms with Gasteiger partial charge in [0.1, 0.15) is 0 Å². The maximum atomic E-state index is 10.8. The van der Waals surface area contributed by atoms with Crippen LogP contribution in [0, 0.1) is 0 Å². The lowest BCUT2D eigenvalue weighted by atomic mass is 10.1. The van der Waals surface area contributed by atoms with E-state index < -0.39 is 5.97 Å². The van der Waals surface area contributed by atoms with Crippen molar-refractivity contribution in [1.29, 1.82) is 0 Å². The van der Waals surface area contributed by atoms with Crippen molar-refractivity contribution < 1.29 is 14.6 Å². The second-order valence-corrected chi connectivity index (χ2v) is 4.05. The van der Waals surface area contributed by atoms with Crippen molar-refractivity contribution in [1.82, 2.24) is 14.6 Å². The monoisotopic (exact) mass is 233 g/mol. The van der Waals surface area contributed by atoms with Gasteiger partial charge in [-0.3, -0.25) is 0 Å². The first-order chi connectivity index (χ1) is 8.24. The summed E-state index contributed by atoms with van der Waals surface area (Å²) in [4.78, 5) is 15.2. The molecule has 3 rings (SSSR count). The van der Waals surface area contributed by atoms with Crippen LogP contribution in [0.2, 0.25) is 0 Å². The molecule has 1 unspecified atom stereocenters. The van der Waals surface area contributed by atoms with Crippen molar-refractivity contribution in [2.75, 3.05) is 13.2 Å². The highest BCUT2D eigenvalue weighted by atomic mass is 16.5. The maximum absolute atomic E-state index is 10.8. The highest BCUT2D eigenvalue weighted by Gasteiger charge is 2.22. The molecule has 88 valence electrons. The number of nitrogens with zero attached hydrogens (tertiary/aromatic N) is 3. The number of rotatable bonds is 2. The van der Waals surface area contributed by atoms with E-state index in [-0.39, 0.29) is 11.5 Å². The van der Waals surface area contributed by atoms with E-state index in [4.69, 9.17) is 9.84 Å². The Morgan fingerprint density at radius 3 is 3.18 bits per heavy atom. The van der Waals surface area contributed by atoms with Gasteiger partial charge in [-0.05, 0) is 18.6 Å². The molecule has 0 spiro atoms. The summed E-state index contributed by atoms with van der Waals surface area (Å²) in [5.74, 6) is -0.00512. The Morgan fingerprint density at radius 2 is 2.47 bits per heavy atom. The molecule has 1 fully saturated rings. The summed E-state index contributed by atoms with van der Waals surface area (Å²) < 4.78 is 6.88. The minimum atomic E-state index is -0.957. The standard InChI is InChI=1S/C11H11N3O3/c15-11(16)7-1-3-14-9(5-7)12-10(13-14)8-2-4-17-6-8/h1,3,5,8H,2,4,6H2,(H,15,16). The molecular weight excluding hydrogens is 222 g/mol. The number of carboxylic acids is 1. The summed E-state index contributed by atoms with van der Waals surface area (Å²) in [7, 11) is 0. The Hall–Kier alpha value is -1.95. The lowest BCUT2D eigenvalue weighted by Crippen LogP contribution is -2.00. The van der Waals surface area contributed by atoms with Crippen LogP contribution >= 0.6 is 0 Å². The number of hydrogen-bond acceptors (Lipinski definition) is 4. The predicted molar refractivity (Wildman–Crippen MR) is 58.1 cm³/mol. The molecule has 1 atom stereocenters. The fraction of sp³-hybridized carbons (Fsp3) is 0.364. The molecule has 2 aromatic heterocycles. The van der Waals surface area contributed by atoms with Gasteiger partial charge in [0.25, 0.3) is 0 Å². The third kappa shape index (κ3) is 1.76. The molecule has 0 aliphatic carbocycles. The second kappa shape index (κ2) is 3.81. The number of pyridine rings is 1. The van der Waals surface area contributed by atoms with Gasteiger partial charge in [0.05, 0.1) is 12.2 Å². The van der Waals surface area contributed by atoms with E-state index in [9.17, 15) is 4.79 Å². The molecule has 1 aliphatic rings. The van der Waals surface area contributed by atoms with Crippen LogP contribution in [0.1, 0.15) is 28.5 Å². The minimum Gasteiger partial charge on any atom is -0.478 e. The van der Waals surface area contributed by atoms with Crippen molar-refractivity contribution in [3.05, 3.63) is 29.7 Å². The molecule has 3 heterocycles. The zero-order valence-electron chi connectivity index (χ0n) is 9.04. The third-order valence-electron chi connectivity index (χ3n) is 2.90. The first-order valence-corrected chi connectivity index (χ1v) is 5.41. The van der Waals surface area contributed by atoms with Crippen LogP contribution in [0.3, 0.4) is 0 Å². The third-order valence-corrected chi connectivity index (χ3v) is 2.90. The number of carbonyl (C=O) groups is 1. The van der Waals surface area contributed by atoms with Gasteiger partial charge in [-0.25, -0.2) is 14.3 Å². The van der Waals surface area contributed by atoms with Crippen LogP contribution in [-0.4, -0.2) is 38.9 Å². The Morgan fingerprint density at radius 1 is 1.59 bits per heavy atom. The van der Waals surface area contributed by atoms with Gasteiger partial charge < -0.3 is 9.84 Å². The Bertz CT molecular complexity index is 572. The van der Waals surface area contributed by atoms with Crippen LogP contribution < -0.4 is 0 Å². The van der Waals surface area contributed by atoms with Gasteiger partial charge in [0, 0.05) is 18.7 Å². The van der Waals surface area contributed by atoms with E-state index in [1.54, 1.807) is 10.7 Å². The first kappa shape index (κ1) is 10.2. The van der Waals surface area contributed by atoms with E-state index >= 15 is 0 Å². The van der Waals surface area contributed by atoms with Gasteiger partial charge in [0.2, 0.25) is 0 Å². The summed E-state index contributed by atoms with van der Waals surface area (Å²) >= 11 is 0. The second-order valence-electron chi connectivity index (χ2n) is 4.05. The molecular formula is C11H11N3O3. The summed E-state index contributed by atoms with van der Waals surface area (Å²) in [6.07, 6.45) is 2.54. The number of aromatic carboxylic acids is 1. The smallest absolute Gasteiger partial charge is 0.335 e. The zero-order valence-corrected chi connectivity index (χ0v) is 9.04. The van der Waals surface area contributed by atoms with E-state index in [0.717, 1.165) is 18.9 Å². The molecule has 17 heavy (non-hydrogen) atoms. The van der Waals surface area contributed by atoms with E-state index in [2.05, 4.69) is 10.1 Å². The molecule has 6 heteroatoms. The van der Waals surface area contributed by atoms with Gasteiger partial charge >= 0.3 is 5.97 Å². The number of ether oxygens (including phenoxy) is 1. The van der Waals surface area contributed by atoms with Crippen LogP contribution in [0.15, 0.2) is 18.3 Å². The van der Waals surface area contributed by atoms with E-state index in [1.807, 2.05) is 0 Å². The Balaban J connectivity index is 2.03. The fourth-order valence-electron chi connectivity index (χ4n) is 1.94. The molecule has 6 nitrogen and oxygen atoms in total. The highest BCUT2D eigenvalue weighted by Crippen LogP contribution is 2.22. The summed E-state index contributed by atoms with van der Waals surface area (Å²) in [6, 6.07) is 3.04. The van der Waals surface area contributed by atoms with Crippen molar-refractivity contribution in [2.45, 2.75) is 12.3 Å². The van der Waals surface area contributed by atoms with E-state index in [0.29, 0.717) is 12.3 Å². The number of carboxylic acid groups (broad SMARTS) is 1. The number of hydrogen-bond donors (Lipinski definition) is 1. The van der Waals surface area contributed by atoms with Gasteiger partial charge in [-0.2, -0.15) is 5.10 Å². The average Bonchev–Trinajstić information content (AvgIpc) is 2.96. The van der Waals surface area contributed by atoms with Crippen LogP contribution in [0.5, 0.6) is 0 Å². The van der Waals surface area contributed by atoms with Crippen molar-refractivity contribution in [3.8, 4) is 0 Å². The van der Waals surface area contributed by atoms with Crippen LogP contribution in [0.4, 0.5) is 0 Å². The first-order valence-electron chi connectivity index (χ1n) is 5.41. The fourth-order valence-corrected chi connectivity index (χ4v) is 1.94. The van der Waals surface area contributed by atoms with Crippen LogP contribution in [-0.2, 0) is 4.74 Å². The minimum absolute atomic E-state index is 0.221. The Kier molecular flexibility index (Phi) is 2.29. The molecule has 1 aliphatic heterocycles. The molecule has 2 aromatic rings. The number of aromatic nitrogens is 3. The van der Waals surface area contributed by atoms with Crippen LogP contribution in [0.25, 0.3) is 5.65 Å². The largest absolute Gasteiger partial charge is 0.478 e. The quantitative estimate of drug-likeness (QED) is 0.835.